The Kier molecular flexibility index (Phi) is 4.62. The van der Waals surface area contributed by atoms with E-state index in [0.29, 0.717) is 19.1 Å². The van der Waals surface area contributed by atoms with Crippen molar-refractivity contribution in [2.24, 2.45) is 5.73 Å². The first-order valence-electron chi connectivity index (χ1n) is 5.00. The van der Waals surface area contributed by atoms with Crippen molar-refractivity contribution >= 4 is 0 Å². The minimum atomic E-state index is -0.230. The molecule has 13 heavy (non-hydrogen) atoms. The summed E-state index contributed by atoms with van der Waals surface area (Å²) in [5.74, 6) is 0. The Morgan fingerprint density at radius 3 is 2.38 bits per heavy atom. The molecule has 1 atom stereocenters. The van der Waals surface area contributed by atoms with Crippen LogP contribution in [-0.4, -0.2) is 61.8 Å². The van der Waals surface area contributed by atoms with Crippen molar-refractivity contribution in [1.29, 1.82) is 0 Å². The number of piperazine rings is 1. The lowest BCUT2D eigenvalue weighted by molar-refractivity contribution is 0.101. The zero-order chi connectivity index (χ0) is 9.68. The summed E-state index contributed by atoms with van der Waals surface area (Å²) >= 11 is 0. The highest BCUT2D eigenvalue weighted by molar-refractivity contribution is 4.76. The third kappa shape index (κ3) is 3.21. The number of alkyl halides is 1. The van der Waals surface area contributed by atoms with Crippen LogP contribution in [0.3, 0.4) is 0 Å². The molecule has 1 unspecified atom stereocenters. The number of rotatable bonds is 4. The monoisotopic (exact) mass is 189 g/mol. The second-order valence-corrected chi connectivity index (χ2v) is 3.65. The van der Waals surface area contributed by atoms with Crippen LogP contribution >= 0.6 is 0 Å². The van der Waals surface area contributed by atoms with Crippen molar-refractivity contribution in [3.05, 3.63) is 0 Å². The van der Waals surface area contributed by atoms with Gasteiger partial charge in [0.05, 0.1) is 0 Å². The normalized spacial score (nSPS) is 23.3. The summed E-state index contributed by atoms with van der Waals surface area (Å²) in [4.78, 5) is 4.54. The molecule has 0 amide bonds. The molecule has 2 N–H and O–H groups in total. The number of hydrogen-bond acceptors (Lipinski definition) is 3. The predicted octanol–water partition coefficient (Wildman–Crippen LogP) is -0.0793. The summed E-state index contributed by atoms with van der Waals surface area (Å²) in [6, 6.07) is 0.465. The van der Waals surface area contributed by atoms with E-state index in [0.717, 1.165) is 26.2 Å². The van der Waals surface area contributed by atoms with E-state index in [1.165, 1.54) is 0 Å². The van der Waals surface area contributed by atoms with Crippen LogP contribution in [0.5, 0.6) is 0 Å². The van der Waals surface area contributed by atoms with E-state index < -0.39 is 0 Å². The van der Waals surface area contributed by atoms with Crippen molar-refractivity contribution in [3.63, 3.8) is 0 Å². The fourth-order valence-corrected chi connectivity index (χ4v) is 1.70. The van der Waals surface area contributed by atoms with Gasteiger partial charge in [-0.05, 0) is 6.92 Å². The van der Waals surface area contributed by atoms with Crippen molar-refractivity contribution < 1.29 is 4.39 Å². The van der Waals surface area contributed by atoms with Crippen LogP contribution in [0.4, 0.5) is 4.39 Å². The lowest BCUT2D eigenvalue weighted by Crippen LogP contribution is -2.51. The van der Waals surface area contributed by atoms with E-state index in [2.05, 4.69) is 16.7 Å². The minimum absolute atomic E-state index is 0.230. The van der Waals surface area contributed by atoms with Gasteiger partial charge in [0.1, 0.15) is 6.67 Å². The Bertz CT molecular complexity index is 135. The maximum absolute atomic E-state index is 12.0. The van der Waals surface area contributed by atoms with Crippen molar-refractivity contribution in [2.45, 2.75) is 13.0 Å². The SMILES string of the molecule is CC(CN)N1CCN(CCF)CC1. The molecule has 1 aliphatic rings. The van der Waals surface area contributed by atoms with Gasteiger partial charge >= 0.3 is 0 Å². The molecule has 0 spiro atoms. The lowest BCUT2D eigenvalue weighted by Gasteiger charge is -2.37. The molecule has 1 saturated heterocycles. The van der Waals surface area contributed by atoms with E-state index in [-0.39, 0.29) is 6.67 Å². The van der Waals surface area contributed by atoms with Gasteiger partial charge in [0.25, 0.3) is 0 Å². The van der Waals surface area contributed by atoms with Crippen LogP contribution in [0.15, 0.2) is 0 Å². The zero-order valence-corrected chi connectivity index (χ0v) is 8.38. The maximum atomic E-state index is 12.0. The second-order valence-electron chi connectivity index (χ2n) is 3.65. The first-order valence-corrected chi connectivity index (χ1v) is 5.00. The molecule has 1 heterocycles. The quantitative estimate of drug-likeness (QED) is 0.671. The Hall–Kier alpha value is -0.190. The van der Waals surface area contributed by atoms with E-state index >= 15 is 0 Å². The number of halogens is 1. The fourth-order valence-electron chi connectivity index (χ4n) is 1.70. The van der Waals surface area contributed by atoms with Crippen LogP contribution in [0.1, 0.15) is 6.92 Å². The number of nitrogens with two attached hydrogens (primary N) is 1. The standard InChI is InChI=1S/C9H20FN3/c1-9(8-11)13-6-4-12(3-2-10)5-7-13/h9H,2-8,11H2,1H3. The molecule has 0 aromatic rings. The van der Waals surface area contributed by atoms with Gasteiger partial charge in [-0.25, -0.2) is 4.39 Å². The van der Waals surface area contributed by atoms with Crippen molar-refractivity contribution in [3.8, 4) is 0 Å². The van der Waals surface area contributed by atoms with Crippen LogP contribution in [0.2, 0.25) is 0 Å². The van der Waals surface area contributed by atoms with Crippen LogP contribution in [0, 0.1) is 0 Å². The molecule has 0 bridgehead atoms. The summed E-state index contributed by atoms with van der Waals surface area (Å²) in [5, 5.41) is 0. The molecule has 0 aromatic carbocycles. The smallest absolute Gasteiger partial charge is 0.102 e. The summed E-state index contributed by atoms with van der Waals surface area (Å²) in [6.45, 7) is 7.23. The Labute approximate surface area is 79.7 Å². The van der Waals surface area contributed by atoms with Gasteiger partial charge in [0, 0.05) is 45.3 Å². The summed E-state index contributed by atoms with van der Waals surface area (Å²) in [7, 11) is 0. The molecule has 1 fully saturated rings. The van der Waals surface area contributed by atoms with Gasteiger partial charge in [0.2, 0.25) is 0 Å². The van der Waals surface area contributed by atoms with Crippen LogP contribution in [0.25, 0.3) is 0 Å². The van der Waals surface area contributed by atoms with Crippen molar-refractivity contribution in [1.82, 2.24) is 9.80 Å². The zero-order valence-electron chi connectivity index (χ0n) is 8.38. The molecule has 1 rings (SSSR count). The number of hydrogen-bond donors (Lipinski definition) is 1. The second kappa shape index (κ2) is 5.52. The molecule has 78 valence electrons. The summed E-state index contributed by atoms with van der Waals surface area (Å²) in [5.41, 5.74) is 5.58. The molecule has 1 aliphatic heterocycles. The minimum Gasteiger partial charge on any atom is -0.329 e. The lowest BCUT2D eigenvalue weighted by atomic mass is 10.2. The third-order valence-electron chi connectivity index (χ3n) is 2.77. The van der Waals surface area contributed by atoms with Gasteiger partial charge in [-0.2, -0.15) is 0 Å². The predicted molar refractivity (Wildman–Crippen MR) is 52.5 cm³/mol. The molecule has 0 aromatic heterocycles. The van der Waals surface area contributed by atoms with E-state index in [1.807, 2.05) is 0 Å². The average Bonchev–Trinajstić information content (AvgIpc) is 2.18. The van der Waals surface area contributed by atoms with Gasteiger partial charge in [-0.15, -0.1) is 0 Å². The van der Waals surface area contributed by atoms with E-state index in [9.17, 15) is 4.39 Å². The van der Waals surface area contributed by atoms with E-state index in [1.54, 1.807) is 0 Å². The van der Waals surface area contributed by atoms with Crippen LogP contribution in [-0.2, 0) is 0 Å². The molecule has 4 heteroatoms. The first-order chi connectivity index (χ1) is 6.27. The largest absolute Gasteiger partial charge is 0.329 e. The Morgan fingerprint density at radius 1 is 1.31 bits per heavy atom. The molecule has 0 radical (unpaired) electrons. The highest BCUT2D eigenvalue weighted by atomic mass is 19.1. The van der Waals surface area contributed by atoms with Gasteiger partial charge in [-0.1, -0.05) is 0 Å². The number of nitrogens with zero attached hydrogens (tertiary/aromatic N) is 2. The first kappa shape index (κ1) is 10.9. The topological polar surface area (TPSA) is 32.5 Å². The van der Waals surface area contributed by atoms with Gasteiger partial charge in [-0.3, -0.25) is 9.80 Å². The molecule has 0 saturated carbocycles. The molecular weight excluding hydrogens is 169 g/mol. The van der Waals surface area contributed by atoms with Gasteiger partial charge in [0.15, 0.2) is 0 Å². The highest BCUT2D eigenvalue weighted by Crippen LogP contribution is 2.04. The van der Waals surface area contributed by atoms with Crippen molar-refractivity contribution in [2.75, 3.05) is 45.9 Å². The van der Waals surface area contributed by atoms with Gasteiger partial charge < -0.3 is 5.73 Å². The maximum Gasteiger partial charge on any atom is 0.102 e. The van der Waals surface area contributed by atoms with Crippen LogP contribution < -0.4 is 5.73 Å². The molecule has 3 nitrogen and oxygen atoms in total. The molecular formula is C9H20FN3. The summed E-state index contributed by atoms with van der Waals surface area (Å²) < 4.78 is 12.0. The highest BCUT2D eigenvalue weighted by Gasteiger charge is 2.19. The third-order valence-corrected chi connectivity index (χ3v) is 2.77. The summed E-state index contributed by atoms with van der Waals surface area (Å²) in [6.07, 6.45) is 0. The van der Waals surface area contributed by atoms with E-state index in [4.69, 9.17) is 5.73 Å². The Balaban J connectivity index is 2.22. The Morgan fingerprint density at radius 2 is 1.92 bits per heavy atom. The fraction of sp³-hybridized carbons (Fsp3) is 1.00. The molecule has 0 aliphatic carbocycles. The average molecular weight is 189 g/mol.